The van der Waals surface area contributed by atoms with Gasteiger partial charge in [0, 0.05) is 6.42 Å². The molecule has 0 heterocycles. The summed E-state index contributed by atoms with van der Waals surface area (Å²) in [6, 6.07) is 0. The normalized spacial score (nSPS) is 9.71. The van der Waals surface area contributed by atoms with Crippen molar-refractivity contribution >= 4 is 41.6 Å². The Morgan fingerprint density at radius 1 is 0.882 bits per heavy atom. The molecule has 0 atom stereocenters. The fourth-order valence-electron chi connectivity index (χ4n) is 1.83. The molecule has 0 saturated heterocycles. The van der Waals surface area contributed by atoms with Crippen LogP contribution in [0.5, 0.6) is 0 Å². The number of unbranched alkanes of at least 4 members (excludes halogenated alkanes) is 8. The summed E-state index contributed by atoms with van der Waals surface area (Å²) in [5.41, 5.74) is 0. The molecule has 96 valence electrons. The number of Topliss-reactive ketones (excluding diaryl/α,β-unsaturated/α-hetero) is 1. The van der Waals surface area contributed by atoms with Crippen molar-refractivity contribution in [1.29, 1.82) is 0 Å². The molecule has 17 heavy (non-hydrogen) atoms. The molecule has 0 fully saturated rings. The Labute approximate surface area is 128 Å². The van der Waals surface area contributed by atoms with Crippen LogP contribution >= 0.6 is 0 Å². The van der Waals surface area contributed by atoms with Crippen LogP contribution in [0.1, 0.15) is 77.6 Å². The van der Waals surface area contributed by atoms with Gasteiger partial charge in [0.2, 0.25) is 0 Å². The van der Waals surface area contributed by atoms with Crippen molar-refractivity contribution in [2.45, 2.75) is 77.6 Å². The summed E-state index contributed by atoms with van der Waals surface area (Å²) in [5, 5.41) is 0. The first-order chi connectivity index (χ1) is 7.81. The molecule has 0 aromatic rings. The third-order valence-electron chi connectivity index (χ3n) is 2.87. The van der Waals surface area contributed by atoms with E-state index in [0.717, 1.165) is 12.8 Å². The van der Waals surface area contributed by atoms with Crippen LogP contribution in [0.15, 0.2) is 0 Å². The molecule has 0 radical (unpaired) electrons. The van der Waals surface area contributed by atoms with E-state index in [2.05, 4.69) is 6.92 Å². The Kier molecular flexibility index (Phi) is 18.9. The van der Waals surface area contributed by atoms with Gasteiger partial charge in [-0.05, 0) is 6.42 Å². The third kappa shape index (κ3) is 16.3. The van der Waals surface area contributed by atoms with Crippen molar-refractivity contribution in [3.05, 3.63) is 0 Å². The summed E-state index contributed by atoms with van der Waals surface area (Å²) >= 11 is 0. The molecule has 0 rings (SSSR count). The molecule has 0 aliphatic heterocycles. The van der Waals surface area contributed by atoms with Crippen molar-refractivity contribution in [2.75, 3.05) is 0 Å². The van der Waals surface area contributed by atoms with Gasteiger partial charge in [-0.1, -0.05) is 58.3 Å². The van der Waals surface area contributed by atoms with Gasteiger partial charge in [-0.3, -0.25) is 4.79 Å². The molecule has 0 N–H and O–H groups in total. The Morgan fingerprint density at radius 2 is 1.35 bits per heavy atom. The first-order valence-corrected chi connectivity index (χ1v) is 6.76. The minimum atomic E-state index is 0. The van der Waals surface area contributed by atoms with Crippen LogP contribution in [-0.4, -0.2) is 41.6 Å². The van der Waals surface area contributed by atoms with Gasteiger partial charge in [-0.15, -0.1) is 0 Å². The Morgan fingerprint density at radius 3 is 1.82 bits per heavy atom. The molecule has 0 unspecified atom stereocenters. The molecular formula is C14H27NaO2. The van der Waals surface area contributed by atoms with Crippen LogP contribution in [0.4, 0.5) is 0 Å². The summed E-state index contributed by atoms with van der Waals surface area (Å²) < 4.78 is 0. The van der Waals surface area contributed by atoms with E-state index in [1.807, 2.05) is 0 Å². The van der Waals surface area contributed by atoms with Gasteiger partial charge in [0.15, 0.2) is 0 Å². The maximum atomic E-state index is 11.0. The van der Waals surface area contributed by atoms with E-state index in [0.29, 0.717) is 12.7 Å². The van der Waals surface area contributed by atoms with E-state index < -0.39 is 0 Å². The molecule has 3 heteroatoms. The van der Waals surface area contributed by atoms with Crippen LogP contribution in [0, 0.1) is 0 Å². The summed E-state index contributed by atoms with van der Waals surface area (Å²) in [7, 11) is 0. The average Bonchev–Trinajstić information content (AvgIpc) is 2.27. The maximum absolute atomic E-state index is 11.0. The van der Waals surface area contributed by atoms with Crippen LogP contribution < -0.4 is 0 Å². The molecule has 0 bridgehead atoms. The fourth-order valence-corrected chi connectivity index (χ4v) is 1.83. The standard InChI is InChI=1S/C14H26O2.Na.H/c1-2-3-4-5-6-7-8-9-10-11-14(16)12-13-15;;/h13H,2-12H2,1H3;;. The molecule has 0 spiro atoms. The van der Waals surface area contributed by atoms with Crippen molar-refractivity contribution in [1.82, 2.24) is 0 Å². The predicted molar refractivity (Wildman–Crippen MR) is 74.7 cm³/mol. The van der Waals surface area contributed by atoms with Crippen molar-refractivity contribution in [2.24, 2.45) is 0 Å². The second-order valence-electron chi connectivity index (χ2n) is 4.49. The quantitative estimate of drug-likeness (QED) is 0.230. The zero-order valence-corrected chi connectivity index (χ0v) is 10.7. The van der Waals surface area contributed by atoms with Crippen molar-refractivity contribution in [3.8, 4) is 0 Å². The van der Waals surface area contributed by atoms with Crippen LogP contribution in [-0.2, 0) is 9.59 Å². The summed E-state index contributed by atoms with van der Waals surface area (Å²) in [5.74, 6) is 0.0953. The number of aldehydes is 1. The van der Waals surface area contributed by atoms with Crippen molar-refractivity contribution in [3.63, 3.8) is 0 Å². The number of ketones is 1. The molecule has 0 aliphatic carbocycles. The summed E-state index contributed by atoms with van der Waals surface area (Å²) in [6.45, 7) is 2.23. The molecule has 2 nitrogen and oxygen atoms in total. The number of rotatable bonds is 12. The molecule has 0 aliphatic rings. The Balaban J connectivity index is 0. The fraction of sp³-hybridized carbons (Fsp3) is 0.857. The first-order valence-electron chi connectivity index (χ1n) is 6.76. The van der Waals surface area contributed by atoms with Gasteiger partial charge < -0.3 is 4.79 Å². The predicted octanol–water partition coefficient (Wildman–Crippen LogP) is 3.42. The van der Waals surface area contributed by atoms with Crippen LogP contribution in [0.2, 0.25) is 0 Å². The molecule has 0 amide bonds. The van der Waals surface area contributed by atoms with E-state index in [1.54, 1.807) is 0 Å². The number of carbonyl (C=O) groups is 2. The van der Waals surface area contributed by atoms with Crippen LogP contribution in [0.25, 0.3) is 0 Å². The number of carbonyl (C=O) groups excluding carboxylic acids is 2. The monoisotopic (exact) mass is 250 g/mol. The third-order valence-corrected chi connectivity index (χ3v) is 2.87. The van der Waals surface area contributed by atoms with Gasteiger partial charge in [-0.25, -0.2) is 0 Å². The van der Waals surface area contributed by atoms with Gasteiger partial charge in [0.1, 0.15) is 12.1 Å². The summed E-state index contributed by atoms with van der Waals surface area (Å²) in [4.78, 5) is 21.1. The van der Waals surface area contributed by atoms with Gasteiger partial charge in [0.25, 0.3) is 0 Å². The Bertz CT molecular complexity index is 181. The van der Waals surface area contributed by atoms with Crippen molar-refractivity contribution < 1.29 is 9.59 Å². The van der Waals surface area contributed by atoms with Gasteiger partial charge >= 0.3 is 29.6 Å². The number of hydrogen-bond acceptors (Lipinski definition) is 2. The first kappa shape index (κ1) is 19.7. The zero-order valence-electron chi connectivity index (χ0n) is 10.7. The molecule has 0 aromatic carbocycles. The van der Waals surface area contributed by atoms with E-state index in [1.165, 1.54) is 44.9 Å². The average molecular weight is 250 g/mol. The SMILES string of the molecule is CCCCCCCCCCCC(=O)CC=O.[NaH]. The van der Waals surface area contributed by atoms with E-state index in [9.17, 15) is 9.59 Å². The molecule has 0 aromatic heterocycles. The summed E-state index contributed by atoms with van der Waals surface area (Å²) in [6.07, 6.45) is 12.8. The van der Waals surface area contributed by atoms with E-state index in [-0.39, 0.29) is 41.8 Å². The van der Waals surface area contributed by atoms with Gasteiger partial charge in [-0.2, -0.15) is 0 Å². The second-order valence-corrected chi connectivity index (χ2v) is 4.49. The molecule has 0 saturated carbocycles. The Hall–Kier alpha value is 0.340. The minimum absolute atomic E-state index is 0. The topological polar surface area (TPSA) is 34.1 Å². The van der Waals surface area contributed by atoms with E-state index in [4.69, 9.17) is 0 Å². The second kappa shape index (κ2) is 16.3. The zero-order chi connectivity index (χ0) is 12.1. The number of hydrogen-bond donors (Lipinski definition) is 0. The molecular weight excluding hydrogens is 223 g/mol. The van der Waals surface area contributed by atoms with E-state index >= 15 is 0 Å². The van der Waals surface area contributed by atoms with Gasteiger partial charge in [0.05, 0.1) is 6.42 Å². The van der Waals surface area contributed by atoms with Crippen LogP contribution in [0.3, 0.4) is 0 Å².